The number of hydrogen-bond donors (Lipinski definition) is 1. The molecule has 272 valence electrons. The minimum absolute atomic E-state index is 0.0777. The summed E-state index contributed by atoms with van der Waals surface area (Å²) in [6.45, 7) is 16.9. The van der Waals surface area contributed by atoms with Crippen LogP contribution in [-0.4, -0.2) is 73.6 Å². The van der Waals surface area contributed by atoms with Crippen molar-refractivity contribution in [1.29, 1.82) is 0 Å². The van der Waals surface area contributed by atoms with Gasteiger partial charge in [0.15, 0.2) is 0 Å². The third kappa shape index (κ3) is 9.62. The lowest BCUT2D eigenvalue weighted by atomic mass is 9.87. The van der Waals surface area contributed by atoms with Crippen LogP contribution in [0.2, 0.25) is 0 Å². The van der Waals surface area contributed by atoms with E-state index < -0.39 is 16.1 Å². The van der Waals surface area contributed by atoms with Gasteiger partial charge in [-0.1, -0.05) is 65.0 Å². The van der Waals surface area contributed by atoms with Gasteiger partial charge in [0.1, 0.15) is 12.4 Å². The molecule has 0 saturated heterocycles. The van der Waals surface area contributed by atoms with Crippen molar-refractivity contribution in [2.45, 2.75) is 72.4 Å². The molecule has 2 aromatic heterocycles. The van der Waals surface area contributed by atoms with E-state index in [4.69, 9.17) is 14.5 Å². The predicted molar refractivity (Wildman–Crippen MR) is 201 cm³/mol. The number of nitrogens with one attached hydrogen (secondary N) is 1. The van der Waals surface area contributed by atoms with Gasteiger partial charge in [0.05, 0.1) is 35.5 Å². The Morgan fingerprint density at radius 3 is 2.39 bits per heavy atom. The average Bonchev–Trinajstić information content (AvgIpc) is 3.06. The number of hydrogen-bond acceptors (Lipinski definition) is 9. The first kappa shape index (κ1) is 37.7. The molecule has 4 aromatic rings. The Hall–Kier alpha value is -4.55. The molecule has 0 spiro atoms. The number of benzene rings is 2. The van der Waals surface area contributed by atoms with Crippen LogP contribution in [0.4, 0.5) is 11.8 Å². The summed E-state index contributed by atoms with van der Waals surface area (Å²) in [4.78, 5) is 32.6. The molecule has 11 nitrogen and oxygen atoms in total. The van der Waals surface area contributed by atoms with Crippen molar-refractivity contribution in [1.82, 2.24) is 19.9 Å². The SMILES string of the molecule is COCCN(CC(C)C)c1cccc(CN2C(=O)c3cccc(c3)S(=O)(=O)Nc3nc(cc(-c4c(C)cccc4C)n3)OC[C@H]2CC(C)(C)C)n1. The number of ether oxygens (including phenoxy) is 2. The molecule has 1 aliphatic rings. The number of pyridine rings is 1. The summed E-state index contributed by atoms with van der Waals surface area (Å²) in [6, 6.07) is 19.1. The molecule has 2 aromatic carbocycles. The molecule has 0 fully saturated rings. The van der Waals surface area contributed by atoms with Crippen molar-refractivity contribution in [3.63, 3.8) is 0 Å². The second kappa shape index (κ2) is 15.8. The van der Waals surface area contributed by atoms with Crippen LogP contribution >= 0.6 is 0 Å². The molecule has 5 rings (SSSR count). The second-order valence-corrected chi connectivity index (χ2v) is 16.5. The van der Waals surface area contributed by atoms with E-state index in [-0.39, 0.29) is 46.8 Å². The number of carbonyl (C=O) groups is 1. The Kier molecular flexibility index (Phi) is 11.7. The van der Waals surface area contributed by atoms with E-state index in [1.807, 2.05) is 50.2 Å². The molecule has 3 heterocycles. The minimum Gasteiger partial charge on any atom is -0.475 e. The number of sulfonamides is 1. The van der Waals surface area contributed by atoms with Crippen LogP contribution in [0.25, 0.3) is 11.3 Å². The zero-order chi connectivity index (χ0) is 36.9. The van der Waals surface area contributed by atoms with Gasteiger partial charge in [-0.25, -0.2) is 23.1 Å². The topological polar surface area (TPSA) is 127 Å². The summed E-state index contributed by atoms with van der Waals surface area (Å²) in [5.41, 5.74) is 4.08. The molecule has 0 unspecified atom stereocenters. The average molecular weight is 715 g/mol. The summed E-state index contributed by atoms with van der Waals surface area (Å²) < 4.78 is 41.9. The van der Waals surface area contributed by atoms with Crippen molar-refractivity contribution in [2.75, 3.05) is 43.0 Å². The molecule has 51 heavy (non-hydrogen) atoms. The zero-order valence-electron chi connectivity index (χ0n) is 30.9. The largest absolute Gasteiger partial charge is 0.475 e. The number of aromatic nitrogens is 3. The van der Waals surface area contributed by atoms with Crippen molar-refractivity contribution >= 4 is 27.7 Å². The highest BCUT2D eigenvalue weighted by Gasteiger charge is 2.32. The van der Waals surface area contributed by atoms with Crippen LogP contribution < -0.4 is 14.4 Å². The summed E-state index contributed by atoms with van der Waals surface area (Å²) in [7, 11) is -2.50. The first-order valence-electron chi connectivity index (χ1n) is 17.4. The first-order chi connectivity index (χ1) is 24.1. The van der Waals surface area contributed by atoms with Crippen LogP contribution in [0.5, 0.6) is 5.88 Å². The summed E-state index contributed by atoms with van der Waals surface area (Å²) in [5, 5.41) is 0. The third-order valence-corrected chi connectivity index (χ3v) is 9.96. The van der Waals surface area contributed by atoms with E-state index in [9.17, 15) is 13.2 Å². The van der Waals surface area contributed by atoms with E-state index in [1.54, 1.807) is 30.2 Å². The quantitative estimate of drug-likeness (QED) is 0.187. The first-order valence-corrected chi connectivity index (χ1v) is 18.8. The van der Waals surface area contributed by atoms with Crippen molar-refractivity contribution < 1.29 is 22.7 Å². The predicted octanol–water partition coefficient (Wildman–Crippen LogP) is 6.90. The van der Waals surface area contributed by atoms with Crippen molar-refractivity contribution in [2.24, 2.45) is 11.3 Å². The smallest absolute Gasteiger partial charge is 0.264 e. The van der Waals surface area contributed by atoms with Crippen LogP contribution in [-0.2, 0) is 21.3 Å². The third-order valence-electron chi connectivity index (χ3n) is 8.63. The lowest BCUT2D eigenvalue weighted by Crippen LogP contribution is -2.45. The molecule has 12 heteroatoms. The molecule has 1 N–H and O–H groups in total. The fourth-order valence-electron chi connectivity index (χ4n) is 6.39. The monoisotopic (exact) mass is 714 g/mol. The number of carbonyl (C=O) groups excluding carboxylic acids is 1. The second-order valence-electron chi connectivity index (χ2n) is 14.8. The van der Waals surface area contributed by atoms with Gasteiger partial charge in [-0.05, 0) is 73.1 Å². The molecule has 0 saturated carbocycles. The number of nitrogens with zero attached hydrogens (tertiary/aromatic N) is 5. The molecule has 4 bridgehead atoms. The van der Waals surface area contributed by atoms with Gasteiger partial charge in [0, 0.05) is 37.4 Å². The molecular weight excluding hydrogens is 665 g/mol. The minimum atomic E-state index is -4.18. The lowest BCUT2D eigenvalue weighted by molar-refractivity contribution is 0.0509. The van der Waals surface area contributed by atoms with Gasteiger partial charge in [-0.3, -0.25) is 4.79 Å². The lowest BCUT2D eigenvalue weighted by Gasteiger charge is -2.36. The molecule has 0 radical (unpaired) electrons. The Labute approximate surface area is 302 Å². The van der Waals surface area contributed by atoms with Crippen LogP contribution in [0.3, 0.4) is 0 Å². The van der Waals surface area contributed by atoms with Crippen LogP contribution in [0.1, 0.15) is 68.2 Å². The number of methoxy groups -OCH3 is 1. The van der Waals surface area contributed by atoms with E-state index in [2.05, 4.69) is 54.2 Å². The molecular formula is C39H50N6O5S. The van der Waals surface area contributed by atoms with E-state index in [1.165, 1.54) is 12.1 Å². The molecule has 1 amide bonds. The Morgan fingerprint density at radius 2 is 1.71 bits per heavy atom. The highest BCUT2D eigenvalue weighted by molar-refractivity contribution is 7.92. The maximum atomic E-state index is 14.6. The molecule has 1 atom stereocenters. The number of anilines is 2. The van der Waals surface area contributed by atoms with E-state index >= 15 is 0 Å². The Bertz CT molecular complexity index is 1940. The van der Waals surface area contributed by atoms with E-state index in [0.29, 0.717) is 36.9 Å². The maximum absolute atomic E-state index is 14.6. The van der Waals surface area contributed by atoms with Gasteiger partial charge in [-0.15, -0.1) is 0 Å². The summed E-state index contributed by atoms with van der Waals surface area (Å²) in [6.07, 6.45) is 0.587. The molecule has 1 aliphatic heterocycles. The fraction of sp³-hybridized carbons (Fsp3) is 0.436. The Balaban J connectivity index is 1.63. The number of fused-ring (bicyclic) bond motifs is 4. The van der Waals surface area contributed by atoms with Gasteiger partial charge < -0.3 is 19.3 Å². The highest BCUT2D eigenvalue weighted by Crippen LogP contribution is 2.32. The number of aryl methyl sites for hydroxylation is 2. The normalized spacial score (nSPS) is 16.1. The van der Waals surface area contributed by atoms with Crippen molar-refractivity contribution in [3.05, 3.63) is 89.1 Å². The van der Waals surface area contributed by atoms with Crippen molar-refractivity contribution in [3.8, 4) is 17.1 Å². The van der Waals surface area contributed by atoms with Crippen LogP contribution in [0, 0.1) is 25.2 Å². The van der Waals surface area contributed by atoms with Gasteiger partial charge in [-0.2, -0.15) is 4.98 Å². The van der Waals surface area contributed by atoms with Gasteiger partial charge in [0.2, 0.25) is 11.8 Å². The van der Waals surface area contributed by atoms with Gasteiger partial charge in [0.25, 0.3) is 15.9 Å². The number of rotatable bonds is 10. The summed E-state index contributed by atoms with van der Waals surface area (Å²) >= 11 is 0. The zero-order valence-corrected chi connectivity index (χ0v) is 31.8. The maximum Gasteiger partial charge on any atom is 0.264 e. The van der Waals surface area contributed by atoms with E-state index in [0.717, 1.165) is 29.1 Å². The molecule has 0 aliphatic carbocycles. The van der Waals surface area contributed by atoms with Crippen LogP contribution in [0.15, 0.2) is 71.6 Å². The van der Waals surface area contributed by atoms with Gasteiger partial charge >= 0.3 is 0 Å². The Morgan fingerprint density at radius 1 is 1.00 bits per heavy atom. The summed E-state index contributed by atoms with van der Waals surface area (Å²) in [5.74, 6) is 0.943. The number of amides is 1. The standard InChI is InChI=1S/C39H50N6O5S/c1-26(2)23-44(18-19-49-8)34-17-11-15-30(40-34)24-45-31(22-39(5,6)7)25-50-35-21-33(36-27(3)12-9-13-28(36)4)41-38(42-35)43-51(47,48)32-16-10-14-29(20-32)37(45)46/h9-17,20-21,26,31H,18-19,22-25H2,1-8H3,(H,41,42,43)/t31-/m1/s1. The fourth-order valence-corrected chi connectivity index (χ4v) is 7.38. The highest BCUT2D eigenvalue weighted by atomic mass is 32.2.